The highest BCUT2D eigenvalue weighted by Gasteiger charge is 2.05. The first-order valence-electron chi connectivity index (χ1n) is 4.45. The van der Waals surface area contributed by atoms with Crippen LogP contribution in [0.4, 0.5) is 0 Å². The molecule has 0 radical (unpaired) electrons. The van der Waals surface area contributed by atoms with Crippen LogP contribution in [0, 0.1) is 0 Å². The molecule has 0 fully saturated rings. The van der Waals surface area contributed by atoms with Gasteiger partial charge in [0.25, 0.3) is 0 Å². The summed E-state index contributed by atoms with van der Waals surface area (Å²) in [5.74, 6) is 1.08. The van der Waals surface area contributed by atoms with Crippen LogP contribution in [0.2, 0.25) is 0 Å². The van der Waals surface area contributed by atoms with Crippen molar-refractivity contribution in [1.82, 2.24) is 4.57 Å². The van der Waals surface area contributed by atoms with Crippen LogP contribution in [-0.4, -0.2) is 10.8 Å². The standard InChI is InChI=1S/C11H12BrNS/c1-13-6-8(7-14-2)10-5-9(12)3-4-11(10)13/h3-6H,7H2,1-2H3. The Labute approximate surface area is 96.6 Å². The lowest BCUT2D eigenvalue weighted by Gasteiger charge is -1.97. The normalized spacial score (nSPS) is 11.1. The maximum atomic E-state index is 3.51. The van der Waals surface area contributed by atoms with Crippen LogP contribution in [0.15, 0.2) is 28.9 Å². The molecule has 1 aromatic carbocycles. The number of fused-ring (bicyclic) bond motifs is 1. The topological polar surface area (TPSA) is 4.93 Å². The molecule has 2 rings (SSSR count). The van der Waals surface area contributed by atoms with E-state index in [4.69, 9.17) is 0 Å². The number of rotatable bonds is 2. The van der Waals surface area contributed by atoms with Gasteiger partial charge in [0, 0.05) is 34.4 Å². The van der Waals surface area contributed by atoms with E-state index in [-0.39, 0.29) is 0 Å². The predicted octanol–water partition coefficient (Wildman–Crippen LogP) is 3.80. The molecule has 0 amide bonds. The van der Waals surface area contributed by atoms with Gasteiger partial charge in [0.15, 0.2) is 0 Å². The van der Waals surface area contributed by atoms with Gasteiger partial charge in [-0.2, -0.15) is 11.8 Å². The molecule has 0 saturated heterocycles. The van der Waals surface area contributed by atoms with Crippen molar-refractivity contribution in [3.63, 3.8) is 0 Å². The van der Waals surface area contributed by atoms with Gasteiger partial charge in [0.05, 0.1) is 0 Å². The van der Waals surface area contributed by atoms with Crippen LogP contribution >= 0.6 is 27.7 Å². The molecular formula is C11H12BrNS. The van der Waals surface area contributed by atoms with E-state index >= 15 is 0 Å². The lowest BCUT2D eigenvalue weighted by atomic mass is 10.2. The number of hydrogen-bond donors (Lipinski definition) is 0. The highest BCUT2D eigenvalue weighted by Crippen LogP contribution is 2.26. The van der Waals surface area contributed by atoms with Gasteiger partial charge in [-0.3, -0.25) is 0 Å². The van der Waals surface area contributed by atoms with Gasteiger partial charge in [-0.15, -0.1) is 0 Å². The summed E-state index contributed by atoms with van der Waals surface area (Å²) < 4.78 is 3.34. The summed E-state index contributed by atoms with van der Waals surface area (Å²) in [4.78, 5) is 0. The van der Waals surface area contributed by atoms with Crippen molar-refractivity contribution >= 4 is 38.6 Å². The Hall–Kier alpha value is -0.410. The second kappa shape index (κ2) is 3.99. The molecule has 0 spiro atoms. The number of aromatic nitrogens is 1. The van der Waals surface area contributed by atoms with Crippen LogP contribution in [0.25, 0.3) is 10.9 Å². The molecule has 0 unspecified atom stereocenters. The van der Waals surface area contributed by atoms with Crippen molar-refractivity contribution in [2.75, 3.05) is 6.26 Å². The van der Waals surface area contributed by atoms with Crippen molar-refractivity contribution in [3.8, 4) is 0 Å². The highest BCUT2D eigenvalue weighted by molar-refractivity contribution is 9.10. The van der Waals surface area contributed by atoms with Crippen molar-refractivity contribution in [2.45, 2.75) is 5.75 Å². The average molecular weight is 270 g/mol. The van der Waals surface area contributed by atoms with E-state index in [0.717, 1.165) is 10.2 Å². The lowest BCUT2D eigenvalue weighted by molar-refractivity contribution is 0.963. The maximum absolute atomic E-state index is 3.51. The minimum absolute atomic E-state index is 1.08. The fraction of sp³-hybridized carbons (Fsp3) is 0.273. The van der Waals surface area contributed by atoms with E-state index in [1.165, 1.54) is 16.5 Å². The van der Waals surface area contributed by atoms with Gasteiger partial charge in [-0.25, -0.2) is 0 Å². The smallest absolute Gasteiger partial charge is 0.0481 e. The molecule has 0 saturated carbocycles. The molecule has 0 bridgehead atoms. The molecule has 74 valence electrons. The quantitative estimate of drug-likeness (QED) is 0.803. The molecule has 2 aromatic rings. The van der Waals surface area contributed by atoms with Crippen molar-refractivity contribution in [2.24, 2.45) is 7.05 Å². The van der Waals surface area contributed by atoms with E-state index in [0.29, 0.717) is 0 Å². The molecule has 1 nitrogen and oxygen atoms in total. The Balaban J connectivity index is 2.66. The Morgan fingerprint density at radius 1 is 1.43 bits per heavy atom. The third-order valence-corrected chi connectivity index (χ3v) is 3.43. The average Bonchev–Trinajstić information content (AvgIpc) is 2.44. The van der Waals surface area contributed by atoms with Gasteiger partial charge < -0.3 is 4.57 Å². The molecule has 1 heterocycles. The number of thioether (sulfide) groups is 1. The second-order valence-electron chi connectivity index (χ2n) is 3.36. The van der Waals surface area contributed by atoms with Crippen molar-refractivity contribution < 1.29 is 0 Å². The first-order valence-corrected chi connectivity index (χ1v) is 6.63. The number of aryl methyl sites for hydroxylation is 1. The number of benzene rings is 1. The molecule has 0 aliphatic carbocycles. The minimum Gasteiger partial charge on any atom is -0.350 e. The summed E-state index contributed by atoms with van der Waals surface area (Å²) >= 11 is 5.37. The minimum atomic E-state index is 1.08. The van der Waals surface area contributed by atoms with E-state index in [1.54, 1.807) is 0 Å². The van der Waals surface area contributed by atoms with Gasteiger partial charge >= 0.3 is 0 Å². The monoisotopic (exact) mass is 269 g/mol. The zero-order chi connectivity index (χ0) is 10.1. The van der Waals surface area contributed by atoms with Gasteiger partial charge in [0.2, 0.25) is 0 Å². The number of halogens is 1. The molecule has 3 heteroatoms. The summed E-state index contributed by atoms with van der Waals surface area (Å²) in [6, 6.07) is 6.44. The van der Waals surface area contributed by atoms with Crippen molar-refractivity contribution in [1.29, 1.82) is 0 Å². The number of nitrogens with zero attached hydrogens (tertiary/aromatic N) is 1. The molecule has 0 aliphatic rings. The fourth-order valence-corrected chi connectivity index (χ4v) is 2.62. The summed E-state index contributed by atoms with van der Waals surface area (Å²) in [5, 5.41) is 1.36. The van der Waals surface area contributed by atoms with Crippen molar-refractivity contribution in [3.05, 3.63) is 34.4 Å². The van der Waals surface area contributed by atoms with Crippen LogP contribution in [0.5, 0.6) is 0 Å². The van der Waals surface area contributed by atoms with Crippen LogP contribution in [0.1, 0.15) is 5.56 Å². The zero-order valence-electron chi connectivity index (χ0n) is 8.25. The molecule has 0 aliphatic heterocycles. The molecular weight excluding hydrogens is 258 g/mol. The largest absolute Gasteiger partial charge is 0.350 e. The third-order valence-electron chi connectivity index (χ3n) is 2.33. The van der Waals surface area contributed by atoms with E-state index in [2.05, 4.69) is 58.2 Å². The predicted molar refractivity (Wildman–Crippen MR) is 67.8 cm³/mol. The second-order valence-corrected chi connectivity index (χ2v) is 5.14. The van der Waals surface area contributed by atoms with Gasteiger partial charge in [-0.05, 0) is 30.0 Å². The fourth-order valence-electron chi connectivity index (χ4n) is 1.72. The maximum Gasteiger partial charge on any atom is 0.0481 e. The summed E-state index contributed by atoms with van der Waals surface area (Å²) in [7, 11) is 2.10. The summed E-state index contributed by atoms with van der Waals surface area (Å²) in [6.07, 6.45) is 4.35. The zero-order valence-corrected chi connectivity index (χ0v) is 10.7. The van der Waals surface area contributed by atoms with E-state index in [9.17, 15) is 0 Å². The Morgan fingerprint density at radius 2 is 2.21 bits per heavy atom. The molecule has 0 N–H and O–H groups in total. The number of hydrogen-bond acceptors (Lipinski definition) is 1. The summed E-state index contributed by atoms with van der Waals surface area (Å²) in [5.41, 5.74) is 2.72. The van der Waals surface area contributed by atoms with E-state index < -0.39 is 0 Å². The lowest BCUT2D eigenvalue weighted by Crippen LogP contribution is -1.82. The molecule has 0 atom stereocenters. The van der Waals surface area contributed by atoms with Crippen LogP contribution in [0.3, 0.4) is 0 Å². The summed E-state index contributed by atoms with van der Waals surface area (Å²) in [6.45, 7) is 0. The van der Waals surface area contributed by atoms with Crippen LogP contribution in [-0.2, 0) is 12.8 Å². The Kier molecular flexibility index (Phi) is 2.88. The third kappa shape index (κ3) is 1.71. The first-order chi connectivity index (χ1) is 6.72. The van der Waals surface area contributed by atoms with Gasteiger partial charge in [-0.1, -0.05) is 15.9 Å². The van der Waals surface area contributed by atoms with Gasteiger partial charge in [0.1, 0.15) is 0 Å². The molecule has 14 heavy (non-hydrogen) atoms. The van der Waals surface area contributed by atoms with Crippen LogP contribution < -0.4 is 0 Å². The Bertz CT molecular complexity index is 462. The molecule has 1 aromatic heterocycles. The first kappa shape index (κ1) is 10.1. The van der Waals surface area contributed by atoms with E-state index in [1.807, 2.05) is 11.8 Å². The highest BCUT2D eigenvalue weighted by atomic mass is 79.9. The Morgan fingerprint density at radius 3 is 2.93 bits per heavy atom. The SMILES string of the molecule is CSCc1cn(C)c2ccc(Br)cc12.